The summed E-state index contributed by atoms with van der Waals surface area (Å²) in [5.41, 5.74) is 4.93. The van der Waals surface area contributed by atoms with Crippen LogP contribution in [-0.4, -0.2) is 59.4 Å². The van der Waals surface area contributed by atoms with Crippen LogP contribution < -0.4 is 4.90 Å². The molecule has 0 amide bonds. The van der Waals surface area contributed by atoms with Gasteiger partial charge in [0.25, 0.3) is 0 Å². The number of aromatic nitrogens is 2. The third-order valence-electron chi connectivity index (χ3n) is 6.21. The Balaban J connectivity index is 1.75. The number of benzene rings is 1. The Bertz CT molecular complexity index is 970. The van der Waals surface area contributed by atoms with Gasteiger partial charge in [-0.05, 0) is 56.8 Å². The summed E-state index contributed by atoms with van der Waals surface area (Å²) in [6.07, 6.45) is 2.68. The highest BCUT2D eigenvalue weighted by Gasteiger charge is 2.26. The molecular weight excluding hydrogens is 386 g/mol. The predicted molar refractivity (Wildman–Crippen MR) is 126 cm³/mol. The van der Waals surface area contributed by atoms with Crippen molar-refractivity contribution in [1.29, 1.82) is 0 Å². The van der Waals surface area contributed by atoms with Crippen LogP contribution in [0.15, 0.2) is 47.1 Å². The molecular formula is C25H35N5O. The molecule has 1 aliphatic heterocycles. The van der Waals surface area contributed by atoms with Crippen molar-refractivity contribution >= 4 is 5.82 Å². The first-order valence-electron chi connectivity index (χ1n) is 11.4. The molecule has 6 heteroatoms. The van der Waals surface area contributed by atoms with E-state index in [0.29, 0.717) is 0 Å². The van der Waals surface area contributed by atoms with Gasteiger partial charge in [0.1, 0.15) is 11.6 Å². The Labute approximate surface area is 186 Å². The van der Waals surface area contributed by atoms with Crippen LogP contribution in [0, 0.1) is 6.92 Å². The monoisotopic (exact) mass is 421 g/mol. The van der Waals surface area contributed by atoms with E-state index in [1.165, 1.54) is 22.6 Å². The van der Waals surface area contributed by atoms with E-state index >= 15 is 0 Å². The Morgan fingerprint density at radius 2 is 1.84 bits per heavy atom. The number of rotatable bonds is 8. The van der Waals surface area contributed by atoms with Crippen LogP contribution in [0.3, 0.4) is 0 Å². The highest BCUT2D eigenvalue weighted by atomic mass is 16.3. The van der Waals surface area contributed by atoms with Crippen LogP contribution in [0.1, 0.15) is 36.4 Å². The fraction of sp³-hybridized carbons (Fsp3) is 0.480. The molecule has 0 spiro atoms. The molecule has 6 nitrogen and oxygen atoms in total. The van der Waals surface area contributed by atoms with Gasteiger partial charge < -0.3 is 14.2 Å². The maximum absolute atomic E-state index is 5.63. The summed E-state index contributed by atoms with van der Waals surface area (Å²) in [5, 5.41) is 5.13. The van der Waals surface area contributed by atoms with Crippen LogP contribution in [0.2, 0.25) is 0 Å². The molecule has 0 bridgehead atoms. The predicted octanol–water partition coefficient (Wildman–Crippen LogP) is 4.11. The molecule has 166 valence electrons. The van der Waals surface area contributed by atoms with E-state index in [4.69, 9.17) is 9.52 Å². The van der Waals surface area contributed by atoms with E-state index in [1.54, 1.807) is 6.26 Å². The molecule has 1 aliphatic rings. The van der Waals surface area contributed by atoms with Gasteiger partial charge in [0.05, 0.1) is 24.2 Å². The first-order chi connectivity index (χ1) is 15.1. The quantitative estimate of drug-likeness (QED) is 0.547. The summed E-state index contributed by atoms with van der Waals surface area (Å²) in [4.78, 5) is 7.37. The summed E-state index contributed by atoms with van der Waals surface area (Å²) >= 11 is 0. The molecule has 0 atom stereocenters. The van der Waals surface area contributed by atoms with Crippen molar-refractivity contribution < 1.29 is 4.42 Å². The zero-order chi connectivity index (χ0) is 21.8. The van der Waals surface area contributed by atoms with Crippen molar-refractivity contribution in [2.45, 2.75) is 40.3 Å². The third kappa shape index (κ3) is 4.86. The van der Waals surface area contributed by atoms with Crippen molar-refractivity contribution in [3.63, 3.8) is 0 Å². The van der Waals surface area contributed by atoms with Crippen LogP contribution in [0.25, 0.3) is 5.69 Å². The van der Waals surface area contributed by atoms with Crippen molar-refractivity contribution in [2.24, 2.45) is 0 Å². The minimum absolute atomic E-state index is 0.810. The highest BCUT2D eigenvalue weighted by molar-refractivity contribution is 5.56. The topological polar surface area (TPSA) is 40.7 Å². The number of nitrogens with zero attached hydrogens (tertiary/aromatic N) is 5. The van der Waals surface area contributed by atoms with Crippen molar-refractivity contribution in [1.82, 2.24) is 19.6 Å². The van der Waals surface area contributed by atoms with Gasteiger partial charge in [-0.25, -0.2) is 4.68 Å². The highest BCUT2D eigenvalue weighted by Crippen LogP contribution is 2.31. The molecule has 0 unspecified atom stereocenters. The summed E-state index contributed by atoms with van der Waals surface area (Å²) in [6, 6.07) is 12.7. The molecule has 1 fully saturated rings. The van der Waals surface area contributed by atoms with Crippen LogP contribution in [0.4, 0.5) is 5.82 Å². The average Bonchev–Trinajstić information content (AvgIpc) is 3.41. The molecule has 3 heterocycles. The van der Waals surface area contributed by atoms with Crippen molar-refractivity contribution in [3.05, 3.63) is 65.2 Å². The van der Waals surface area contributed by atoms with E-state index in [0.717, 1.165) is 63.7 Å². The van der Waals surface area contributed by atoms with Gasteiger partial charge in [0, 0.05) is 38.3 Å². The zero-order valence-corrected chi connectivity index (χ0v) is 19.3. The van der Waals surface area contributed by atoms with Crippen LogP contribution in [-0.2, 0) is 19.5 Å². The normalized spacial score (nSPS) is 15.2. The maximum Gasteiger partial charge on any atom is 0.137 e. The molecule has 0 saturated carbocycles. The number of aryl methyl sites for hydroxylation is 2. The molecule has 0 N–H and O–H groups in total. The van der Waals surface area contributed by atoms with E-state index in [2.05, 4.69) is 77.5 Å². The first kappa shape index (κ1) is 21.7. The molecule has 2 aromatic heterocycles. The number of hydrogen-bond acceptors (Lipinski definition) is 5. The zero-order valence-electron chi connectivity index (χ0n) is 19.3. The second kappa shape index (κ2) is 9.71. The molecule has 1 saturated heterocycles. The van der Waals surface area contributed by atoms with E-state index in [9.17, 15) is 0 Å². The van der Waals surface area contributed by atoms with Crippen molar-refractivity contribution in [3.8, 4) is 5.69 Å². The number of anilines is 1. The van der Waals surface area contributed by atoms with E-state index in [1.807, 2.05) is 6.07 Å². The van der Waals surface area contributed by atoms with Gasteiger partial charge >= 0.3 is 0 Å². The lowest BCUT2D eigenvalue weighted by molar-refractivity contribution is 0.247. The first-order valence-corrected chi connectivity index (χ1v) is 11.4. The maximum atomic E-state index is 5.63. The van der Waals surface area contributed by atoms with Crippen molar-refractivity contribution in [2.75, 3.05) is 44.7 Å². The Kier molecular flexibility index (Phi) is 6.78. The van der Waals surface area contributed by atoms with Crippen LogP contribution in [0.5, 0.6) is 0 Å². The smallest absolute Gasteiger partial charge is 0.137 e. The van der Waals surface area contributed by atoms with Gasteiger partial charge in [-0.2, -0.15) is 5.10 Å². The minimum Gasteiger partial charge on any atom is -0.468 e. The number of piperazine rings is 1. The second-order valence-corrected chi connectivity index (χ2v) is 8.53. The van der Waals surface area contributed by atoms with Crippen LogP contribution >= 0.6 is 0 Å². The van der Waals surface area contributed by atoms with Gasteiger partial charge in [0.2, 0.25) is 0 Å². The Morgan fingerprint density at radius 3 is 2.48 bits per heavy atom. The van der Waals surface area contributed by atoms with E-state index < -0.39 is 0 Å². The lowest BCUT2D eigenvalue weighted by Crippen LogP contribution is -2.45. The molecule has 1 aromatic carbocycles. The molecule has 0 aliphatic carbocycles. The third-order valence-corrected chi connectivity index (χ3v) is 6.21. The standard InChI is InChI=1S/C25H35N5O/c1-5-24-23(19-28(6-2)18-22-11-8-16-31-22)25(29-14-12-27(4)13-15-29)30(26-24)21-10-7-9-20(3)17-21/h7-11,16-17H,5-6,12-15,18-19H2,1-4H3. The fourth-order valence-electron chi connectivity index (χ4n) is 4.34. The molecule has 0 radical (unpaired) electrons. The fourth-order valence-corrected chi connectivity index (χ4v) is 4.34. The average molecular weight is 422 g/mol. The number of hydrogen-bond donors (Lipinski definition) is 0. The van der Waals surface area contributed by atoms with Gasteiger partial charge in [-0.15, -0.1) is 0 Å². The summed E-state index contributed by atoms with van der Waals surface area (Å²) < 4.78 is 7.82. The lowest BCUT2D eigenvalue weighted by atomic mass is 10.1. The summed E-state index contributed by atoms with van der Waals surface area (Å²) in [5.74, 6) is 2.26. The minimum atomic E-state index is 0.810. The van der Waals surface area contributed by atoms with Gasteiger partial charge in [-0.3, -0.25) is 4.90 Å². The van der Waals surface area contributed by atoms with Gasteiger partial charge in [0.15, 0.2) is 0 Å². The second-order valence-electron chi connectivity index (χ2n) is 8.53. The number of furan rings is 1. The molecule has 4 rings (SSSR count). The Hall–Kier alpha value is -2.57. The number of likely N-dealkylation sites (N-methyl/N-ethyl adjacent to an activating group) is 1. The summed E-state index contributed by atoms with van der Waals surface area (Å²) in [6.45, 7) is 13.4. The van der Waals surface area contributed by atoms with Gasteiger partial charge in [-0.1, -0.05) is 26.0 Å². The lowest BCUT2D eigenvalue weighted by Gasteiger charge is -2.35. The summed E-state index contributed by atoms with van der Waals surface area (Å²) in [7, 11) is 2.20. The SMILES string of the molecule is CCc1nn(-c2cccc(C)c2)c(N2CCN(C)CC2)c1CN(CC)Cc1ccco1. The molecule has 31 heavy (non-hydrogen) atoms. The largest absolute Gasteiger partial charge is 0.468 e. The Morgan fingerprint density at radius 1 is 1.03 bits per heavy atom. The molecule has 3 aromatic rings. The van der Waals surface area contributed by atoms with E-state index in [-0.39, 0.29) is 0 Å².